The van der Waals surface area contributed by atoms with Crippen LogP contribution in [0.15, 0.2) is 0 Å². The van der Waals surface area contributed by atoms with E-state index >= 15 is 0 Å². The first-order chi connectivity index (χ1) is 5.11. The van der Waals surface area contributed by atoms with Gasteiger partial charge in [-0.1, -0.05) is 6.92 Å². The molecule has 1 amide bonds. The first-order valence-electron chi connectivity index (χ1n) is 3.73. The zero-order valence-corrected chi connectivity index (χ0v) is 7.22. The molecule has 4 heteroatoms. The highest BCUT2D eigenvalue weighted by Gasteiger charge is 2.13. The van der Waals surface area contributed by atoms with E-state index in [0.29, 0.717) is 6.42 Å². The fourth-order valence-corrected chi connectivity index (χ4v) is 0.936. The smallest absolute Gasteiger partial charge is 0.222 e. The standard InChI is InChI=1S/C7H16N2O2/c1-5(7(10)8-3)4-6(2)9-11/h5-6,9,11H,4H2,1-3H3,(H,8,10)/t5-,6?/m1/s1. The molecule has 2 atom stereocenters. The van der Waals surface area contributed by atoms with E-state index in [9.17, 15) is 4.79 Å². The second-order valence-electron chi connectivity index (χ2n) is 2.78. The summed E-state index contributed by atoms with van der Waals surface area (Å²) in [7, 11) is 1.61. The summed E-state index contributed by atoms with van der Waals surface area (Å²) in [5, 5.41) is 11.0. The van der Waals surface area contributed by atoms with E-state index in [1.165, 1.54) is 0 Å². The number of hydroxylamine groups is 1. The third-order valence-corrected chi connectivity index (χ3v) is 1.62. The maximum Gasteiger partial charge on any atom is 0.222 e. The van der Waals surface area contributed by atoms with Crippen LogP contribution in [0.1, 0.15) is 20.3 Å². The van der Waals surface area contributed by atoms with Crippen LogP contribution in [-0.4, -0.2) is 24.2 Å². The van der Waals surface area contributed by atoms with Gasteiger partial charge in [0.05, 0.1) is 0 Å². The van der Waals surface area contributed by atoms with Crippen molar-refractivity contribution in [3.05, 3.63) is 0 Å². The minimum Gasteiger partial charge on any atom is -0.359 e. The van der Waals surface area contributed by atoms with E-state index in [1.807, 2.05) is 13.8 Å². The maximum atomic E-state index is 10.9. The zero-order valence-electron chi connectivity index (χ0n) is 7.22. The summed E-state index contributed by atoms with van der Waals surface area (Å²) < 4.78 is 0. The van der Waals surface area contributed by atoms with Crippen LogP contribution in [-0.2, 0) is 4.79 Å². The van der Waals surface area contributed by atoms with Crippen molar-refractivity contribution in [2.45, 2.75) is 26.3 Å². The van der Waals surface area contributed by atoms with E-state index in [4.69, 9.17) is 5.21 Å². The minimum absolute atomic E-state index is 0.00657. The molecule has 0 aliphatic heterocycles. The van der Waals surface area contributed by atoms with Gasteiger partial charge in [0, 0.05) is 19.0 Å². The normalized spacial score (nSPS) is 15.6. The van der Waals surface area contributed by atoms with Gasteiger partial charge < -0.3 is 10.5 Å². The molecular weight excluding hydrogens is 144 g/mol. The van der Waals surface area contributed by atoms with Crippen LogP contribution in [0.5, 0.6) is 0 Å². The number of hydrogen-bond acceptors (Lipinski definition) is 3. The summed E-state index contributed by atoms with van der Waals surface area (Å²) in [6.45, 7) is 3.64. The van der Waals surface area contributed by atoms with Crippen LogP contribution in [0.4, 0.5) is 0 Å². The fraction of sp³-hybridized carbons (Fsp3) is 0.857. The van der Waals surface area contributed by atoms with Crippen molar-refractivity contribution in [2.75, 3.05) is 7.05 Å². The Bertz CT molecular complexity index is 128. The third-order valence-electron chi connectivity index (χ3n) is 1.62. The van der Waals surface area contributed by atoms with Crippen LogP contribution < -0.4 is 10.8 Å². The van der Waals surface area contributed by atoms with Gasteiger partial charge in [-0.2, -0.15) is 0 Å². The van der Waals surface area contributed by atoms with E-state index in [0.717, 1.165) is 0 Å². The van der Waals surface area contributed by atoms with Crippen molar-refractivity contribution in [2.24, 2.45) is 5.92 Å². The average Bonchev–Trinajstić information content (AvgIpc) is 2.02. The molecular formula is C7H16N2O2. The number of nitrogens with one attached hydrogen (secondary N) is 2. The predicted molar refractivity (Wildman–Crippen MR) is 42.2 cm³/mol. The van der Waals surface area contributed by atoms with Crippen molar-refractivity contribution in [1.82, 2.24) is 10.8 Å². The molecule has 0 aliphatic carbocycles. The lowest BCUT2D eigenvalue weighted by molar-refractivity contribution is -0.124. The third kappa shape index (κ3) is 3.95. The molecule has 0 spiro atoms. The van der Waals surface area contributed by atoms with Gasteiger partial charge in [-0.05, 0) is 13.3 Å². The van der Waals surface area contributed by atoms with Crippen molar-refractivity contribution in [3.8, 4) is 0 Å². The molecule has 0 radical (unpaired) electrons. The van der Waals surface area contributed by atoms with E-state index in [2.05, 4.69) is 10.8 Å². The summed E-state index contributed by atoms with van der Waals surface area (Å²) in [5.41, 5.74) is 2.09. The molecule has 0 fully saturated rings. The summed E-state index contributed by atoms with van der Waals surface area (Å²) in [5.74, 6) is -0.0539. The Balaban J connectivity index is 3.67. The molecule has 0 aromatic carbocycles. The summed E-state index contributed by atoms with van der Waals surface area (Å²) >= 11 is 0. The molecule has 0 heterocycles. The van der Waals surface area contributed by atoms with Crippen LogP contribution in [0.2, 0.25) is 0 Å². The van der Waals surface area contributed by atoms with Crippen LogP contribution >= 0.6 is 0 Å². The molecule has 0 aromatic rings. The van der Waals surface area contributed by atoms with Crippen molar-refractivity contribution in [3.63, 3.8) is 0 Å². The molecule has 4 nitrogen and oxygen atoms in total. The minimum atomic E-state index is -0.0605. The topological polar surface area (TPSA) is 61.4 Å². The van der Waals surface area contributed by atoms with Crippen molar-refractivity contribution < 1.29 is 10.0 Å². The Morgan fingerprint density at radius 1 is 1.55 bits per heavy atom. The second-order valence-corrected chi connectivity index (χ2v) is 2.78. The molecule has 11 heavy (non-hydrogen) atoms. The van der Waals surface area contributed by atoms with Gasteiger partial charge in [-0.25, -0.2) is 5.48 Å². The summed E-state index contributed by atoms with van der Waals surface area (Å²) in [6.07, 6.45) is 0.635. The molecule has 0 rings (SSSR count). The molecule has 1 unspecified atom stereocenters. The maximum absolute atomic E-state index is 10.9. The Kier molecular flexibility index (Phi) is 4.81. The zero-order chi connectivity index (χ0) is 8.85. The number of hydrogen-bond donors (Lipinski definition) is 3. The second kappa shape index (κ2) is 5.09. The molecule has 0 aromatic heterocycles. The van der Waals surface area contributed by atoms with E-state index < -0.39 is 0 Å². The highest BCUT2D eigenvalue weighted by Crippen LogP contribution is 2.04. The van der Waals surface area contributed by atoms with E-state index in [1.54, 1.807) is 7.05 Å². The highest BCUT2D eigenvalue weighted by molar-refractivity contribution is 5.77. The molecule has 0 saturated heterocycles. The van der Waals surface area contributed by atoms with Gasteiger partial charge in [-0.15, -0.1) is 0 Å². The molecule has 3 N–H and O–H groups in total. The summed E-state index contributed by atoms with van der Waals surface area (Å²) in [6, 6.07) is -0.0395. The molecule has 0 saturated carbocycles. The van der Waals surface area contributed by atoms with Gasteiger partial charge in [0.2, 0.25) is 5.91 Å². The lowest BCUT2D eigenvalue weighted by Gasteiger charge is -2.13. The SMILES string of the molecule is CNC(=O)[C@H](C)CC(C)NO. The van der Waals surface area contributed by atoms with Crippen LogP contribution in [0.3, 0.4) is 0 Å². The Labute approximate surface area is 66.9 Å². The monoisotopic (exact) mass is 160 g/mol. The first kappa shape index (κ1) is 10.4. The van der Waals surface area contributed by atoms with Gasteiger partial charge in [0.1, 0.15) is 0 Å². The lowest BCUT2D eigenvalue weighted by atomic mass is 10.0. The fourth-order valence-electron chi connectivity index (χ4n) is 0.936. The first-order valence-corrected chi connectivity index (χ1v) is 3.73. The summed E-state index contributed by atoms with van der Waals surface area (Å²) in [4.78, 5) is 10.9. The Morgan fingerprint density at radius 2 is 2.09 bits per heavy atom. The van der Waals surface area contributed by atoms with Gasteiger partial charge in [-0.3, -0.25) is 4.79 Å². The van der Waals surface area contributed by atoms with Gasteiger partial charge >= 0.3 is 0 Å². The number of rotatable bonds is 4. The van der Waals surface area contributed by atoms with Crippen molar-refractivity contribution >= 4 is 5.91 Å². The molecule has 66 valence electrons. The quantitative estimate of drug-likeness (QED) is 0.512. The Morgan fingerprint density at radius 3 is 2.45 bits per heavy atom. The van der Waals surface area contributed by atoms with Gasteiger partial charge in [0.25, 0.3) is 0 Å². The number of carbonyl (C=O) groups is 1. The number of amides is 1. The van der Waals surface area contributed by atoms with Crippen LogP contribution in [0.25, 0.3) is 0 Å². The lowest BCUT2D eigenvalue weighted by Crippen LogP contribution is -2.31. The van der Waals surface area contributed by atoms with Crippen molar-refractivity contribution in [1.29, 1.82) is 0 Å². The molecule has 0 aliphatic rings. The Hall–Kier alpha value is -0.610. The van der Waals surface area contributed by atoms with Crippen LogP contribution in [0, 0.1) is 5.92 Å². The van der Waals surface area contributed by atoms with Gasteiger partial charge in [0.15, 0.2) is 0 Å². The molecule has 0 bridgehead atoms. The highest BCUT2D eigenvalue weighted by atomic mass is 16.5. The van der Waals surface area contributed by atoms with E-state index in [-0.39, 0.29) is 17.9 Å². The predicted octanol–water partition coefficient (Wildman–Crippen LogP) is 0.126. The number of carbonyl (C=O) groups excluding carboxylic acids is 1. The average molecular weight is 160 g/mol. The largest absolute Gasteiger partial charge is 0.359 e.